The largest absolute Gasteiger partial charge is 0.444 e. The molecule has 1 rings (SSSR count). The van der Waals surface area contributed by atoms with Gasteiger partial charge in [-0.3, -0.25) is 4.79 Å². The number of hydrogen-bond acceptors (Lipinski definition) is 4. The van der Waals surface area contributed by atoms with Gasteiger partial charge >= 0.3 is 6.09 Å². The summed E-state index contributed by atoms with van der Waals surface area (Å²) in [5.41, 5.74) is -1.07. The van der Waals surface area contributed by atoms with Crippen LogP contribution >= 0.6 is 0 Å². The van der Waals surface area contributed by atoms with Gasteiger partial charge in [-0.2, -0.15) is 0 Å². The van der Waals surface area contributed by atoms with Crippen LogP contribution in [0.3, 0.4) is 0 Å². The van der Waals surface area contributed by atoms with Gasteiger partial charge in [0, 0.05) is 5.54 Å². The normalized spacial score (nSPS) is 19.0. The van der Waals surface area contributed by atoms with Gasteiger partial charge in [0.2, 0.25) is 0 Å². The third-order valence-corrected chi connectivity index (χ3v) is 4.16. The first-order chi connectivity index (χ1) is 11.4. The van der Waals surface area contributed by atoms with E-state index in [0.29, 0.717) is 12.3 Å². The number of amides is 2. The lowest BCUT2D eigenvalue weighted by Gasteiger charge is -2.32. The second-order valence-electron chi connectivity index (χ2n) is 9.18. The number of carbonyl (C=O) groups excluding carboxylic acids is 2. The summed E-state index contributed by atoms with van der Waals surface area (Å²) in [6, 6.07) is -0.653. The van der Waals surface area contributed by atoms with Crippen molar-refractivity contribution in [3.8, 4) is 0 Å². The van der Waals surface area contributed by atoms with E-state index < -0.39 is 35.3 Å². The molecule has 146 valence electrons. The van der Waals surface area contributed by atoms with Crippen LogP contribution in [0.25, 0.3) is 0 Å². The van der Waals surface area contributed by atoms with Crippen LogP contribution in [0.1, 0.15) is 80.1 Å². The first-order valence-corrected chi connectivity index (χ1v) is 9.37. The predicted octanol–water partition coefficient (Wildman–Crippen LogP) is 3.13. The zero-order valence-electron chi connectivity index (χ0n) is 16.6. The maximum absolute atomic E-state index is 12.4. The Morgan fingerprint density at radius 1 is 1.08 bits per heavy atom. The molecular formula is C19H36N2O4. The summed E-state index contributed by atoms with van der Waals surface area (Å²) in [7, 11) is 0. The lowest BCUT2D eigenvalue weighted by molar-refractivity contribution is -0.132. The fraction of sp³-hybridized carbons (Fsp3) is 0.895. The number of nitrogens with one attached hydrogen (secondary N) is 2. The van der Waals surface area contributed by atoms with Crippen LogP contribution in [0.2, 0.25) is 0 Å². The maximum atomic E-state index is 12.4. The van der Waals surface area contributed by atoms with Gasteiger partial charge in [0.1, 0.15) is 5.60 Å². The summed E-state index contributed by atoms with van der Waals surface area (Å²) < 4.78 is 5.30. The summed E-state index contributed by atoms with van der Waals surface area (Å²) in [4.78, 5) is 24.5. The number of rotatable bonds is 5. The Labute approximate surface area is 152 Å². The summed E-state index contributed by atoms with van der Waals surface area (Å²) >= 11 is 0. The molecule has 0 aliphatic heterocycles. The van der Waals surface area contributed by atoms with Crippen LogP contribution in [0.4, 0.5) is 4.79 Å². The molecule has 25 heavy (non-hydrogen) atoms. The lowest BCUT2D eigenvalue weighted by Crippen LogP contribution is -2.55. The molecule has 2 atom stereocenters. The first-order valence-electron chi connectivity index (χ1n) is 9.37. The van der Waals surface area contributed by atoms with Gasteiger partial charge in [-0.25, -0.2) is 4.79 Å². The van der Waals surface area contributed by atoms with Gasteiger partial charge in [0.15, 0.2) is 6.10 Å². The molecule has 0 aromatic carbocycles. The van der Waals surface area contributed by atoms with Crippen LogP contribution in [0.5, 0.6) is 0 Å². The van der Waals surface area contributed by atoms with Crippen molar-refractivity contribution >= 4 is 12.0 Å². The van der Waals surface area contributed by atoms with E-state index in [0.717, 1.165) is 25.7 Å². The Morgan fingerprint density at radius 2 is 1.64 bits per heavy atom. The van der Waals surface area contributed by atoms with Gasteiger partial charge in [0.05, 0.1) is 6.04 Å². The van der Waals surface area contributed by atoms with Gasteiger partial charge in [-0.05, 0) is 53.9 Å². The van der Waals surface area contributed by atoms with Crippen molar-refractivity contribution < 1.29 is 19.4 Å². The van der Waals surface area contributed by atoms with Crippen molar-refractivity contribution in [2.24, 2.45) is 5.92 Å². The molecule has 6 heteroatoms. The zero-order chi connectivity index (χ0) is 19.3. The maximum Gasteiger partial charge on any atom is 0.407 e. The number of alkyl carbamates (subject to hydrolysis) is 1. The minimum Gasteiger partial charge on any atom is -0.444 e. The zero-order valence-corrected chi connectivity index (χ0v) is 16.6. The molecule has 1 unspecified atom stereocenters. The molecule has 0 saturated heterocycles. The fourth-order valence-corrected chi connectivity index (χ4v) is 3.13. The summed E-state index contributed by atoms with van der Waals surface area (Å²) in [6.07, 6.45) is 4.37. The average molecular weight is 357 g/mol. The molecule has 6 nitrogen and oxygen atoms in total. The number of carbonyl (C=O) groups is 2. The Bertz CT molecular complexity index is 445. The van der Waals surface area contributed by atoms with Crippen LogP contribution in [0, 0.1) is 5.92 Å². The summed E-state index contributed by atoms with van der Waals surface area (Å²) in [6.45, 7) is 10.9. The fourth-order valence-electron chi connectivity index (χ4n) is 3.13. The van der Waals surface area contributed by atoms with Crippen molar-refractivity contribution in [1.29, 1.82) is 0 Å². The second kappa shape index (κ2) is 8.88. The summed E-state index contributed by atoms with van der Waals surface area (Å²) in [5, 5.41) is 16.0. The van der Waals surface area contributed by atoms with Crippen molar-refractivity contribution in [2.45, 2.75) is 103 Å². The Hall–Kier alpha value is -1.30. The van der Waals surface area contributed by atoms with Crippen molar-refractivity contribution in [1.82, 2.24) is 10.6 Å². The van der Waals surface area contributed by atoms with Gasteiger partial charge < -0.3 is 20.5 Å². The van der Waals surface area contributed by atoms with Crippen molar-refractivity contribution in [3.63, 3.8) is 0 Å². The number of aliphatic hydroxyl groups is 1. The number of aliphatic hydroxyl groups excluding tert-OH is 1. The van der Waals surface area contributed by atoms with E-state index >= 15 is 0 Å². The van der Waals surface area contributed by atoms with E-state index in [9.17, 15) is 14.7 Å². The second-order valence-corrected chi connectivity index (χ2v) is 9.18. The van der Waals surface area contributed by atoms with Crippen LogP contribution < -0.4 is 10.6 Å². The third-order valence-electron chi connectivity index (χ3n) is 4.16. The SMILES string of the molecule is CC(C)(C)NC(=O)C(O)[C@H](CC1CCCCC1)NC(=O)OC(C)(C)C. The molecule has 3 N–H and O–H groups in total. The first kappa shape index (κ1) is 21.7. The van der Waals surface area contributed by atoms with Crippen molar-refractivity contribution in [2.75, 3.05) is 0 Å². The van der Waals surface area contributed by atoms with E-state index in [-0.39, 0.29) is 0 Å². The van der Waals surface area contributed by atoms with Crippen LogP contribution in [-0.2, 0) is 9.53 Å². The average Bonchev–Trinajstić information content (AvgIpc) is 2.43. The monoisotopic (exact) mass is 356 g/mol. The highest BCUT2D eigenvalue weighted by Gasteiger charge is 2.33. The van der Waals surface area contributed by atoms with Crippen LogP contribution in [0.15, 0.2) is 0 Å². The van der Waals surface area contributed by atoms with E-state index in [1.165, 1.54) is 6.42 Å². The highest BCUT2D eigenvalue weighted by molar-refractivity contribution is 5.82. The molecule has 1 aliphatic carbocycles. The molecule has 1 aliphatic rings. The van der Waals surface area contributed by atoms with E-state index in [1.807, 2.05) is 20.8 Å². The van der Waals surface area contributed by atoms with Crippen molar-refractivity contribution in [3.05, 3.63) is 0 Å². The highest BCUT2D eigenvalue weighted by Crippen LogP contribution is 2.28. The molecule has 0 heterocycles. The molecule has 0 aromatic heterocycles. The van der Waals surface area contributed by atoms with E-state index in [4.69, 9.17) is 4.74 Å². The minimum absolute atomic E-state index is 0.408. The van der Waals surface area contributed by atoms with Gasteiger partial charge in [-0.1, -0.05) is 32.1 Å². The highest BCUT2D eigenvalue weighted by atomic mass is 16.6. The quantitative estimate of drug-likeness (QED) is 0.706. The topological polar surface area (TPSA) is 87.7 Å². The van der Waals surface area contributed by atoms with Gasteiger partial charge in [0.25, 0.3) is 5.91 Å². The Kier molecular flexibility index (Phi) is 7.72. The molecule has 0 aromatic rings. The van der Waals surface area contributed by atoms with Crippen LogP contribution in [-0.4, -0.2) is 40.4 Å². The van der Waals surface area contributed by atoms with E-state index in [2.05, 4.69) is 10.6 Å². The third kappa shape index (κ3) is 9.10. The van der Waals surface area contributed by atoms with E-state index in [1.54, 1.807) is 20.8 Å². The molecule has 1 fully saturated rings. The molecule has 0 spiro atoms. The smallest absolute Gasteiger partial charge is 0.407 e. The Morgan fingerprint density at radius 3 is 2.12 bits per heavy atom. The lowest BCUT2D eigenvalue weighted by atomic mass is 9.83. The molecule has 2 amide bonds. The molecule has 0 radical (unpaired) electrons. The number of hydrogen-bond donors (Lipinski definition) is 3. The minimum atomic E-state index is -1.30. The standard InChI is InChI=1S/C19H36N2O4/c1-18(2,3)21-16(23)15(22)14(12-13-10-8-7-9-11-13)20-17(24)25-19(4,5)6/h13-15,22H,7-12H2,1-6H3,(H,20,24)(H,21,23)/t14-,15?/m0/s1. The van der Waals surface area contributed by atoms with Gasteiger partial charge in [-0.15, -0.1) is 0 Å². The molecule has 1 saturated carbocycles. The predicted molar refractivity (Wildman–Crippen MR) is 98.3 cm³/mol. The summed E-state index contributed by atoms with van der Waals surface area (Å²) in [5.74, 6) is -0.0601. The Balaban J connectivity index is 2.78. The number of ether oxygens (including phenoxy) is 1. The molecule has 0 bridgehead atoms. The molecular weight excluding hydrogens is 320 g/mol.